The number of nitrogens with one attached hydrogen (secondary N) is 1. The van der Waals surface area contributed by atoms with Gasteiger partial charge in [0.15, 0.2) is 0 Å². The van der Waals surface area contributed by atoms with E-state index >= 15 is 0 Å². The van der Waals surface area contributed by atoms with Gasteiger partial charge in [-0.15, -0.1) is 0 Å². The van der Waals surface area contributed by atoms with Gasteiger partial charge in [-0.2, -0.15) is 5.26 Å². The monoisotopic (exact) mass is 124 g/mol. The molecule has 0 aliphatic rings. The van der Waals surface area contributed by atoms with Gasteiger partial charge in [0.05, 0.1) is 6.07 Å². The summed E-state index contributed by atoms with van der Waals surface area (Å²) in [5.41, 5.74) is 0.0628. The highest BCUT2D eigenvalue weighted by Gasteiger charge is 2.03. The second-order valence-corrected chi connectivity index (χ2v) is 2.86. The van der Waals surface area contributed by atoms with Crippen molar-refractivity contribution in [3.63, 3.8) is 0 Å². The molecule has 0 unspecified atom stereocenters. The molecule has 0 aromatic rings. The number of allylic oxidation sites excluding steroid dienone is 1. The zero-order valence-corrected chi connectivity index (χ0v) is 6.10. The molecular weight excluding hydrogens is 112 g/mol. The van der Waals surface area contributed by atoms with E-state index in [2.05, 4.69) is 5.32 Å². The van der Waals surface area contributed by atoms with Gasteiger partial charge in [-0.25, -0.2) is 0 Å². The molecule has 0 heterocycles. The van der Waals surface area contributed by atoms with Gasteiger partial charge in [-0.05, 0) is 20.8 Å². The smallest absolute Gasteiger partial charge is 0.0927 e. The van der Waals surface area contributed by atoms with Gasteiger partial charge < -0.3 is 5.32 Å². The fourth-order valence-electron chi connectivity index (χ4n) is 0.329. The molecule has 0 aromatic heterocycles. The SMILES string of the molecule is CC(C)(C)N/C=C/C#N. The Kier molecular flexibility index (Phi) is 2.80. The van der Waals surface area contributed by atoms with Crippen LogP contribution < -0.4 is 5.32 Å². The van der Waals surface area contributed by atoms with Crippen molar-refractivity contribution in [2.45, 2.75) is 26.3 Å². The maximum absolute atomic E-state index is 8.09. The number of hydrogen-bond acceptors (Lipinski definition) is 2. The Morgan fingerprint density at radius 3 is 2.33 bits per heavy atom. The molecule has 0 aromatic carbocycles. The summed E-state index contributed by atoms with van der Waals surface area (Å²) in [5, 5.41) is 11.1. The van der Waals surface area contributed by atoms with E-state index in [1.165, 1.54) is 6.08 Å². The van der Waals surface area contributed by atoms with E-state index in [1.807, 2.05) is 26.8 Å². The molecule has 2 heteroatoms. The topological polar surface area (TPSA) is 35.8 Å². The van der Waals surface area contributed by atoms with E-state index in [-0.39, 0.29) is 5.54 Å². The van der Waals surface area contributed by atoms with Crippen LogP contribution in [-0.2, 0) is 0 Å². The first-order chi connectivity index (χ1) is 4.06. The summed E-state index contributed by atoms with van der Waals surface area (Å²) < 4.78 is 0. The normalized spacial score (nSPS) is 11.3. The van der Waals surface area contributed by atoms with Gasteiger partial charge in [0.1, 0.15) is 0 Å². The second-order valence-electron chi connectivity index (χ2n) is 2.86. The van der Waals surface area contributed by atoms with Crippen LogP contribution in [0.2, 0.25) is 0 Å². The molecule has 0 saturated heterocycles. The van der Waals surface area contributed by atoms with E-state index in [4.69, 9.17) is 5.26 Å². The summed E-state index contributed by atoms with van der Waals surface area (Å²) in [6.45, 7) is 6.11. The highest BCUT2D eigenvalue weighted by atomic mass is 14.9. The molecule has 9 heavy (non-hydrogen) atoms. The summed E-state index contributed by atoms with van der Waals surface area (Å²) in [5.74, 6) is 0. The quantitative estimate of drug-likeness (QED) is 0.536. The summed E-state index contributed by atoms with van der Waals surface area (Å²) in [7, 11) is 0. The lowest BCUT2D eigenvalue weighted by Crippen LogP contribution is -2.30. The number of hydrogen-bond donors (Lipinski definition) is 1. The van der Waals surface area contributed by atoms with Crippen molar-refractivity contribution in [2.24, 2.45) is 0 Å². The Labute approximate surface area is 56.2 Å². The van der Waals surface area contributed by atoms with Gasteiger partial charge >= 0.3 is 0 Å². The highest BCUT2D eigenvalue weighted by Crippen LogP contribution is 1.96. The molecule has 1 N–H and O–H groups in total. The first-order valence-corrected chi connectivity index (χ1v) is 2.88. The maximum atomic E-state index is 8.09. The minimum atomic E-state index is 0.0628. The Morgan fingerprint density at radius 2 is 2.00 bits per heavy atom. The molecule has 0 radical (unpaired) electrons. The maximum Gasteiger partial charge on any atom is 0.0927 e. The van der Waals surface area contributed by atoms with Crippen molar-refractivity contribution in [1.29, 1.82) is 5.26 Å². The van der Waals surface area contributed by atoms with Gasteiger partial charge in [0, 0.05) is 17.8 Å². The average Bonchev–Trinajstić information content (AvgIpc) is 1.63. The van der Waals surface area contributed by atoms with Crippen molar-refractivity contribution < 1.29 is 0 Å². The van der Waals surface area contributed by atoms with E-state index in [0.717, 1.165) is 0 Å². The van der Waals surface area contributed by atoms with Gasteiger partial charge in [-0.1, -0.05) is 0 Å². The predicted octanol–water partition coefficient (Wildman–Crippen LogP) is 1.41. The summed E-state index contributed by atoms with van der Waals surface area (Å²) in [6.07, 6.45) is 3.07. The van der Waals surface area contributed by atoms with Crippen LogP contribution in [-0.4, -0.2) is 5.54 Å². The van der Waals surface area contributed by atoms with Crippen LogP contribution in [0.4, 0.5) is 0 Å². The molecule has 0 rings (SSSR count). The second kappa shape index (κ2) is 3.13. The van der Waals surface area contributed by atoms with Crippen LogP contribution in [0.5, 0.6) is 0 Å². The van der Waals surface area contributed by atoms with Crippen molar-refractivity contribution in [2.75, 3.05) is 0 Å². The molecule has 2 nitrogen and oxygen atoms in total. The molecule has 0 aliphatic heterocycles. The highest BCUT2D eigenvalue weighted by molar-refractivity contribution is 5.01. The Hall–Kier alpha value is -0.970. The molecule has 0 aliphatic carbocycles. The standard InChI is InChI=1S/C7H12N2/c1-7(2,3)9-6-4-5-8/h4,6,9H,1-3H3/b6-4+. The van der Waals surface area contributed by atoms with Gasteiger partial charge in [0.2, 0.25) is 0 Å². The molecule has 0 saturated carbocycles. The van der Waals surface area contributed by atoms with Gasteiger partial charge in [-0.3, -0.25) is 0 Å². The Morgan fingerprint density at radius 1 is 1.44 bits per heavy atom. The van der Waals surface area contributed by atoms with Crippen LogP contribution in [0.15, 0.2) is 12.3 Å². The van der Waals surface area contributed by atoms with Crippen molar-refractivity contribution in [1.82, 2.24) is 5.32 Å². The molecule has 0 fully saturated rings. The average molecular weight is 124 g/mol. The molecule has 0 spiro atoms. The summed E-state index contributed by atoms with van der Waals surface area (Å²) in [6, 6.07) is 1.90. The fourth-order valence-corrected chi connectivity index (χ4v) is 0.329. The van der Waals surface area contributed by atoms with Crippen LogP contribution in [0.3, 0.4) is 0 Å². The first kappa shape index (κ1) is 8.03. The summed E-state index contributed by atoms with van der Waals surface area (Å²) in [4.78, 5) is 0. The number of rotatable bonds is 1. The van der Waals surface area contributed by atoms with E-state index < -0.39 is 0 Å². The fraction of sp³-hybridized carbons (Fsp3) is 0.571. The largest absolute Gasteiger partial charge is 0.386 e. The molecular formula is C7H12N2. The first-order valence-electron chi connectivity index (χ1n) is 2.88. The third kappa shape index (κ3) is 7.03. The predicted molar refractivity (Wildman–Crippen MR) is 37.6 cm³/mol. The van der Waals surface area contributed by atoms with Crippen LogP contribution in [0.1, 0.15) is 20.8 Å². The third-order valence-corrected chi connectivity index (χ3v) is 0.674. The lowest BCUT2D eigenvalue weighted by Gasteiger charge is -2.17. The molecule has 50 valence electrons. The number of nitriles is 1. The minimum absolute atomic E-state index is 0.0628. The lowest BCUT2D eigenvalue weighted by molar-refractivity contribution is 0.491. The van der Waals surface area contributed by atoms with E-state index in [1.54, 1.807) is 6.20 Å². The van der Waals surface area contributed by atoms with Crippen LogP contribution >= 0.6 is 0 Å². The van der Waals surface area contributed by atoms with E-state index in [0.29, 0.717) is 0 Å². The minimum Gasteiger partial charge on any atom is -0.386 e. The third-order valence-electron chi connectivity index (χ3n) is 0.674. The van der Waals surface area contributed by atoms with Crippen molar-refractivity contribution >= 4 is 0 Å². The van der Waals surface area contributed by atoms with Crippen LogP contribution in [0, 0.1) is 11.3 Å². The summed E-state index contributed by atoms with van der Waals surface area (Å²) >= 11 is 0. The lowest BCUT2D eigenvalue weighted by atomic mass is 10.1. The Bertz CT molecular complexity index is 134. The van der Waals surface area contributed by atoms with Crippen LogP contribution in [0.25, 0.3) is 0 Å². The van der Waals surface area contributed by atoms with Crippen molar-refractivity contribution in [3.05, 3.63) is 12.3 Å². The Balaban J connectivity index is 3.54. The molecule has 0 bridgehead atoms. The van der Waals surface area contributed by atoms with Gasteiger partial charge in [0.25, 0.3) is 0 Å². The van der Waals surface area contributed by atoms with E-state index in [9.17, 15) is 0 Å². The zero-order valence-electron chi connectivity index (χ0n) is 6.10. The molecule has 0 amide bonds. The van der Waals surface area contributed by atoms with Crippen molar-refractivity contribution in [3.8, 4) is 6.07 Å². The zero-order chi connectivity index (χ0) is 7.33. The molecule has 0 atom stereocenters. The number of nitrogens with zero attached hydrogens (tertiary/aromatic N) is 1.